The van der Waals surface area contributed by atoms with Crippen molar-refractivity contribution in [1.82, 2.24) is 4.37 Å². The van der Waals surface area contributed by atoms with Crippen LogP contribution in [0.3, 0.4) is 0 Å². The molecule has 1 rings (SSSR count). The summed E-state index contributed by atoms with van der Waals surface area (Å²) >= 11 is 2.67. The Kier molecular flexibility index (Phi) is 5.78. The Morgan fingerprint density at radius 3 is 2.94 bits per heavy atom. The van der Waals surface area contributed by atoms with E-state index >= 15 is 0 Å². The van der Waals surface area contributed by atoms with E-state index in [1.807, 2.05) is 0 Å². The second kappa shape index (κ2) is 6.87. The normalized spacial score (nSPS) is 11.1. The molecule has 1 heterocycles. The molecule has 0 saturated heterocycles. The van der Waals surface area contributed by atoms with Gasteiger partial charge in [-0.3, -0.25) is 0 Å². The van der Waals surface area contributed by atoms with Gasteiger partial charge in [-0.2, -0.15) is 4.37 Å². The minimum Gasteiger partial charge on any atom is -0.382 e. The smallest absolute Gasteiger partial charge is 0.184 e. The number of nitrogen functional groups attached to an aromatic ring is 1. The highest BCUT2D eigenvalue weighted by Crippen LogP contribution is 2.32. The summed E-state index contributed by atoms with van der Waals surface area (Å²) < 4.78 is 27.6. The first-order valence-electron chi connectivity index (χ1n) is 5.26. The summed E-state index contributed by atoms with van der Waals surface area (Å²) in [4.78, 5) is 0.122. The third-order valence-electron chi connectivity index (χ3n) is 2.08. The minimum absolute atomic E-state index is 0.0101. The van der Waals surface area contributed by atoms with Crippen LogP contribution >= 0.6 is 23.3 Å². The summed E-state index contributed by atoms with van der Waals surface area (Å²) in [7, 11) is -3.34. The van der Waals surface area contributed by atoms with Crippen LogP contribution in [0.25, 0.3) is 0 Å². The summed E-state index contributed by atoms with van der Waals surface area (Å²) in [6.45, 7) is 2.21. The van der Waals surface area contributed by atoms with Crippen molar-refractivity contribution in [1.29, 1.82) is 0 Å². The van der Waals surface area contributed by atoms with Crippen molar-refractivity contribution in [3.05, 3.63) is 0 Å². The van der Waals surface area contributed by atoms with Gasteiger partial charge in [0.1, 0.15) is 9.90 Å². The van der Waals surface area contributed by atoms with E-state index < -0.39 is 9.84 Å². The molecule has 3 N–H and O–H groups in total. The molecule has 0 atom stereocenters. The average molecular weight is 305 g/mol. The van der Waals surface area contributed by atoms with Gasteiger partial charge in [0.25, 0.3) is 0 Å². The van der Waals surface area contributed by atoms with Gasteiger partial charge < -0.3 is 11.1 Å². The van der Waals surface area contributed by atoms with Crippen molar-refractivity contribution in [3.8, 4) is 12.3 Å². The number of hydrogen-bond acceptors (Lipinski definition) is 7. The van der Waals surface area contributed by atoms with Crippen LogP contribution < -0.4 is 11.1 Å². The monoisotopic (exact) mass is 305 g/mol. The SMILES string of the molecule is C#CCSCCNc1snc(N)c1S(=O)(=O)CC. The van der Waals surface area contributed by atoms with Gasteiger partial charge in [-0.15, -0.1) is 18.2 Å². The maximum atomic E-state index is 11.9. The Morgan fingerprint density at radius 1 is 1.61 bits per heavy atom. The van der Waals surface area contributed by atoms with Gasteiger partial charge >= 0.3 is 0 Å². The Hall–Kier alpha value is -0.910. The quantitative estimate of drug-likeness (QED) is 0.583. The standard InChI is InChI=1S/C10H15N3O2S3/c1-3-6-16-7-5-12-10-8(9(11)13-17-10)18(14,15)4-2/h1,12H,4-7H2,2H3,(H2,11,13). The number of rotatable bonds is 7. The fraction of sp³-hybridized carbons (Fsp3) is 0.500. The van der Waals surface area contributed by atoms with Gasteiger partial charge in [-0.25, -0.2) is 8.42 Å². The third kappa shape index (κ3) is 3.80. The molecular weight excluding hydrogens is 290 g/mol. The minimum atomic E-state index is -3.34. The fourth-order valence-corrected chi connectivity index (χ4v) is 3.92. The molecule has 5 nitrogen and oxygen atoms in total. The van der Waals surface area contributed by atoms with Crippen LogP contribution in [0.15, 0.2) is 4.90 Å². The van der Waals surface area contributed by atoms with Crippen molar-refractivity contribution >= 4 is 44.0 Å². The Bertz CT molecular complexity index is 531. The van der Waals surface area contributed by atoms with Gasteiger partial charge in [0.15, 0.2) is 15.7 Å². The molecule has 0 aliphatic heterocycles. The lowest BCUT2D eigenvalue weighted by molar-refractivity contribution is 0.598. The molecule has 0 unspecified atom stereocenters. The van der Waals surface area contributed by atoms with Gasteiger partial charge in [-0.1, -0.05) is 12.8 Å². The Morgan fingerprint density at radius 2 is 2.33 bits per heavy atom. The van der Waals surface area contributed by atoms with Gasteiger partial charge in [-0.05, 0) is 11.5 Å². The van der Waals surface area contributed by atoms with E-state index in [2.05, 4.69) is 15.6 Å². The topological polar surface area (TPSA) is 85.1 Å². The molecule has 0 aliphatic rings. The maximum absolute atomic E-state index is 11.9. The lowest BCUT2D eigenvalue weighted by Crippen LogP contribution is -2.10. The van der Waals surface area contributed by atoms with Crippen LogP contribution in [0.2, 0.25) is 0 Å². The molecule has 0 saturated carbocycles. The molecule has 1 aromatic rings. The van der Waals surface area contributed by atoms with Crippen LogP contribution in [0, 0.1) is 12.3 Å². The van der Waals surface area contributed by atoms with Crippen molar-refractivity contribution in [2.45, 2.75) is 11.8 Å². The number of anilines is 2. The largest absolute Gasteiger partial charge is 0.382 e. The summed E-state index contributed by atoms with van der Waals surface area (Å²) in [5.74, 6) is 4.05. The molecule has 1 aromatic heterocycles. The highest BCUT2D eigenvalue weighted by molar-refractivity contribution is 7.99. The highest BCUT2D eigenvalue weighted by Gasteiger charge is 2.23. The lowest BCUT2D eigenvalue weighted by Gasteiger charge is -2.06. The summed E-state index contributed by atoms with van der Waals surface area (Å²) in [6.07, 6.45) is 5.13. The summed E-state index contributed by atoms with van der Waals surface area (Å²) in [6, 6.07) is 0. The number of nitrogens with zero attached hydrogens (tertiary/aromatic N) is 1. The van der Waals surface area contributed by atoms with E-state index in [1.54, 1.807) is 18.7 Å². The molecule has 18 heavy (non-hydrogen) atoms. The predicted octanol–water partition coefficient (Wildman–Crippen LogP) is 1.30. The molecule has 100 valence electrons. The first-order valence-corrected chi connectivity index (χ1v) is 8.84. The zero-order chi connectivity index (χ0) is 13.6. The number of nitrogens with one attached hydrogen (secondary N) is 1. The van der Waals surface area contributed by atoms with E-state index in [1.165, 1.54) is 0 Å². The molecule has 8 heteroatoms. The zero-order valence-electron chi connectivity index (χ0n) is 9.97. The highest BCUT2D eigenvalue weighted by atomic mass is 32.2. The maximum Gasteiger partial charge on any atom is 0.184 e. The molecule has 0 aliphatic carbocycles. The number of nitrogens with two attached hydrogens (primary N) is 1. The number of thioether (sulfide) groups is 1. The van der Waals surface area contributed by atoms with Gasteiger partial charge in [0.2, 0.25) is 0 Å². The van der Waals surface area contributed by atoms with Gasteiger partial charge in [0.05, 0.1) is 11.5 Å². The number of terminal acetylenes is 1. The first kappa shape index (κ1) is 15.1. The number of sulfone groups is 1. The molecule has 0 fully saturated rings. The Labute approximate surface area is 116 Å². The van der Waals surface area contributed by atoms with E-state index in [0.717, 1.165) is 17.3 Å². The third-order valence-corrected chi connectivity index (χ3v) is 5.69. The van der Waals surface area contributed by atoms with E-state index in [0.29, 0.717) is 17.3 Å². The van der Waals surface area contributed by atoms with Gasteiger partial charge in [0, 0.05) is 12.3 Å². The number of hydrogen-bond donors (Lipinski definition) is 2. The molecule has 0 radical (unpaired) electrons. The van der Waals surface area contributed by atoms with Crippen molar-refractivity contribution in [2.24, 2.45) is 0 Å². The predicted molar refractivity (Wildman–Crippen MR) is 78.9 cm³/mol. The first-order chi connectivity index (χ1) is 8.53. The van der Waals surface area contributed by atoms with Crippen molar-refractivity contribution in [3.63, 3.8) is 0 Å². The molecule has 0 aromatic carbocycles. The van der Waals surface area contributed by atoms with Crippen LogP contribution in [-0.4, -0.2) is 36.6 Å². The molecule has 0 amide bonds. The second-order valence-electron chi connectivity index (χ2n) is 3.31. The van der Waals surface area contributed by atoms with Crippen molar-refractivity contribution in [2.75, 3.05) is 34.9 Å². The van der Waals surface area contributed by atoms with E-state index in [9.17, 15) is 8.42 Å². The van der Waals surface area contributed by atoms with E-state index in [-0.39, 0.29) is 16.5 Å². The van der Waals surface area contributed by atoms with Crippen LogP contribution in [0.4, 0.5) is 10.8 Å². The summed E-state index contributed by atoms with van der Waals surface area (Å²) in [5, 5.41) is 3.55. The van der Waals surface area contributed by atoms with Crippen LogP contribution in [0.5, 0.6) is 0 Å². The zero-order valence-corrected chi connectivity index (χ0v) is 12.4. The molecule has 0 bridgehead atoms. The Balaban J connectivity index is 2.71. The molecular formula is C10H15N3O2S3. The van der Waals surface area contributed by atoms with Crippen LogP contribution in [0.1, 0.15) is 6.92 Å². The second-order valence-corrected chi connectivity index (χ2v) is 7.41. The molecule has 0 spiro atoms. The average Bonchev–Trinajstić information content (AvgIpc) is 2.71. The number of aromatic nitrogens is 1. The lowest BCUT2D eigenvalue weighted by atomic mass is 10.6. The van der Waals surface area contributed by atoms with Crippen molar-refractivity contribution < 1.29 is 8.42 Å². The fourth-order valence-electron chi connectivity index (χ4n) is 1.22. The van der Waals surface area contributed by atoms with Crippen LogP contribution in [-0.2, 0) is 9.84 Å². The summed E-state index contributed by atoms with van der Waals surface area (Å²) in [5.41, 5.74) is 5.60. The van der Waals surface area contributed by atoms with E-state index in [4.69, 9.17) is 12.2 Å².